The van der Waals surface area contributed by atoms with Gasteiger partial charge in [0.25, 0.3) is 9.05 Å². The van der Waals surface area contributed by atoms with Gasteiger partial charge < -0.3 is 4.74 Å². The first-order chi connectivity index (χ1) is 6.36. The van der Waals surface area contributed by atoms with Crippen LogP contribution < -0.4 is 4.74 Å². The van der Waals surface area contributed by atoms with Crippen LogP contribution in [0.2, 0.25) is 5.02 Å². The van der Waals surface area contributed by atoms with Crippen molar-refractivity contribution in [2.75, 3.05) is 7.11 Å². The molecule has 0 unspecified atom stereocenters. The molecule has 0 spiro atoms. The third-order valence-electron chi connectivity index (χ3n) is 1.71. The molecular weight excluding hydrogens is 247 g/mol. The molecule has 0 aliphatic heterocycles. The van der Waals surface area contributed by atoms with E-state index >= 15 is 0 Å². The molecule has 0 aliphatic carbocycles. The van der Waals surface area contributed by atoms with E-state index in [2.05, 4.69) is 0 Å². The van der Waals surface area contributed by atoms with E-state index in [0.29, 0.717) is 5.75 Å². The van der Waals surface area contributed by atoms with Gasteiger partial charge in [0.05, 0.1) is 12.1 Å². The van der Waals surface area contributed by atoms with E-state index in [-0.39, 0.29) is 9.92 Å². The molecule has 78 valence electrons. The highest BCUT2D eigenvalue weighted by Gasteiger charge is 2.17. The molecule has 6 heteroatoms. The first-order valence-electron chi connectivity index (χ1n) is 3.65. The van der Waals surface area contributed by atoms with Gasteiger partial charge >= 0.3 is 0 Å². The lowest BCUT2D eigenvalue weighted by Crippen LogP contribution is -1.95. The summed E-state index contributed by atoms with van der Waals surface area (Å²) < 4.78 is 27.1. The maximum absolute atomic E-state index is 11.1. The molecule has 0 atom stereocenters. The van der Waals surface area contributed by atoms with Crippen molar-refractivity contribution >= 4 is 31.3 Å². The zero-order valence-corrected chi connectivity index (χ0v) is 9.87. The van der Waals surface area contributed by atoms with E-state index in [9.17, 15) is 8.42 Å². The predicted octanol–water partition coefficient (Wildman–Crippen LogP) is 2.58. The Balaban J connectivity index is 3.47. The van der Waals surface area contributed by atoms with Crippen molar-refractivity contribution in [2.24, 2.45) is 0 Å². The summed E-state index contributed by atoms with van der Waals surface area (Å²) in [5.74, 6) is 0.439. The predicted molar refractivity (Wildman–Crippen MR) is 55.8 cm³/mol. The summed E-state index contributed by atoms with van der Waals surface area (Å²) in [6, 6.07) is 2.80. The fraction of sp³-hybridized carbons (Fsp3) is 0.250. The Morgan fingerprint density at radius 2 is 1.93 bits per heavy atom. The van der Waals surface area contributed by atoms with Crippen LogP contribution in [0.15, 0.2) is 17.0 Å². The van der Waals surface area contributed by atoms with Gasteiger partial charge in [-0.2, -0.15) is 0 Å². The number of hydrogen-bond acceptors (Lipinski definition) is 3. The lowest BCUT2D eigenvalue weighted by atomic mass is 10.2. The van der Waals surface area contributed by atoms with Crippen LogP contribution in [-0.2, 0) is 9.05 Å². The van der Waals surface area contributed by atoms with Crippen LogP contribution in [0.1, 0.15) is 5.56 Å². The van der Waals surface area contributed by atoms with E-state index in [1.807, 2.05) is 0 Å². The second kappa shape index (κ2) is 3.96. The molecule has 14 heavy (non-hydrogen) atoms. The van der Waals surface area contributed by atoms with Gasteiger partial charge in [0.15, 0.2) is 0 Å². The van der Waals surface area contributed by atoms with Gasteiger partial charge in [0, 0.05) is 16.7 Å². The number of hydrogen-bond donors (Lipinski definition) is 0. The summed E-state index contributed by atoms with van der Waals surface area (Å²) in [6.45, 7) is 1.76. The monoisotopic (exact) mass is 254 g/mol. The molecule has 0 saturated carbocycles. The van der Waals surface area contributed by atoms with Gasteiger partial charge in [-0.3, -0.25) is 0 Å². The fourth-order valence-electron chi connectivity index (χ4n) is 1.04. The highest BCUT2D eigenvalue weighted by molar-refractivity contribution is 8.13. The number of halogens is 2. The molecule has 0 saturated heterocycles. The zero-order chi connectivity index (χ0) is 10.9. The van der Waals surface area contributed by atoms with Crippen LogP contribution in [-0.4, -0.2) is 15.5 Å². The van der Waals surface area contributed by atoms with Gasteiger partial charge in [-0.15, -0.1) is 0 Å². The van der Waals surface area contributed by atoms with Crippen molar-refractivity contribution in [3.05, 3.63) is 22.7 Å². The van der Waals surface area contributed by atoms with E-state index in [0.717, 1.165) is 5.56 Å². The van der Waals surface area contributed by atoms with Crippen LogP contribution >= 0.6 is 22.3 Å². The number of benzene rings is 1. The van der Waals surface area contributed by atoms with Gasteiger partial charge in [-0.1, -0.05) is 11.6 Å². The highest BCUT2D eigenvalue weighted by Crippen LogP contribution is 2.31. The summed E-state index contributed by atoms with van der Waals surface area (Å²) in [7, 11) is 2.80. The fourth-order valence-corrected chi connectivity index (χ4v) is 2.60. The molecule has 1 aromatic rings. The Morgan fingerprint density at radius 3 is 2.36 bits per heavy atom. The second-order valence-corrected chi connectivity index (χ2v) is 5.63. The van der Waals surface area contributed by atoms with E-state index in [1.165, 1.54) is 19.2 Å². The quantitative estimate of drug-likeness (QED) is 0.763. The zero-order valence-electron chi connectivity index (χ0n) is 7.54. The molecular formula is C8H8Cl2O3S. The standard InChI is InChI=1S/C8H8Cl2O3S/c1-5-3-6(9)8(14(10,11)12)4-7(5)13-2/h3-4H,1-2H3. The number of aryl methyl sites for hydroxylation is 1. The number of ether oxygens (including phenoxy) is 1. The van der Waals surface area contributed by atoms with Gasteiger partial charge in [-0.05, 0) is 18.6 Å². The first kappa shape index (κ1) is 11.6. The molecule has 0 aromatic heterocycles. The van der Waals surface area contributed by atoms with Crippen molar-refractivity contribution < 1.29 is 13.2 Å². The van der Waals surface area contributed by atoms with Crippen LogP contribution in [0.5, 0.6) is 5.75 Å². The molecule has 0 N–H and O–H groups in total. The summed E-state index contributed by atoms with van der Waals surface area (Å²) in [4.78, 5) is -0.136. The van der Waals surface area contributed by atoms with E-state index < -0.39 is 9.05 Å². The summed E-state index contributed by atoms with van der Waals surface area (Å²) >= 11 is 5.72. The Kier molecular flexibility index (Phi) is 3.29. The SMILES string of the molecule is COc1cc(S(=O)(=O)Cl)c(Cl)cc1C. The van der Waals surface area contributed by atoms with Crippen LogP contribution in [0, 0.1) is 6.92 Å². The summed E-state index contributed by atoms with van der Waals surface area (Å²) in [5.41, 5.74) is 0.751. The third kappa shape index (κ3) is 2.32. The van der Waals surface area contributed by atoms with E-state index in [1.54, 1.807) is 6.92 Å². The average Bonchev–Trinajstić information content (AvgIpc) is 2.02. The first-order valence-corrected chi connectivity index (χ1v) is 6.34. The third-order valence-corrected chi connectivity index (χ3v) is 3.50. The summed E-state index contributed by atoms with van der Waals surface area (Å²) in [6.07, 6.45) is 0. The van der Waals surface area contributed by atoms with Gasteiger partial charge in [0.1, 0.15) is 10.6 Å². The van der Waals surface area contributed by atoms with Crippen molar-refractivity contribution in [1.82, 2.24) is 0 Å². The van der Waals surface area contributed by atoms with Gasteiger partial charge in [0.2, 0.25) is 0 Å². The minimum absolute atomic E-state index is 0.0956. The molecule has 0 radical (unpaired) electrons. The Morgan fingerprint density at radius 1 is 1.36 bits per heavy atom. The normalized spacial score (nSPS) is 11.4. The van der Waals surface area contributed by atoms with Crippen molar-refractivity contribution in [2.45, 2.75) is 11.8 Å². The summed E-state index contributed by atoms with van der Waals surface area (Å²) in [5, 5.41) is 0.0956. The minimum Gasteiger partial charge on any atom is -0.496 e. The van der Waals surface area contributed by atoms with Crippen molar-refractivity contribution in [1.29, 1.82) is 0 Å². The lowest BCUT2D eigenvalue weighted by Gasteiger charge is -2.07. The van der Waals surface area contributed by atoms with Crippen molar-refractivity contribution in [3.63, 3.8) is 0 Å². The van der Waals surface area contributed by atoms with E-state index in [4.69, 9.17) is 27.0 Å². The highest BCUT2D eigenvalue weighted by atomic mass is 35.7. The van der Waals surface area contributed by atoms with Gasteiger partial charge in [-0.25, -0.2) is 8.42 Å². The second-order valence-electron chi connectivity index (χ2n) is 2.69. The molecule has 3 nitrogen and oxygen atoms in total. The molecule has 1 aromatic carbocycles. The molecule has 0 heterocycles. The lowest BCUT2D eigenvalue weighted by molar-refractivity contribution is 0.410. The number of rotatable bonds is 2. The molecule has 0 amide bonds. The maximum Gasteiger partial charge on any atom is 0.262 e. The average molecular weight is 255 g/mol. The Hall–Kier alpha value is -0.450. The smallest absolute Gasteiger partial charge is 0.262 e. The number of methoxy groups -OCH3 is 1. The van der Waals surface area contributed by atoms with Crippen LogP contribution in [0.3, 0.4) is 0 Å². The molecule has 0 aliphatic rings. The minimum atomic E-state index is -3.82. The molecule has 0 fully saturated rings. The Labute approximate surface area is 92.0 Å². The Bertz CT molecular complexity index is 454. The largest absolute Gasteiger partial charge is 0.496 e. The van der Waals surface area contributed by atoms with Crippen LogP contribution in [0.25, 0.3) is 0 Å². The van der Waals surface area contributed by atoms with Crippen LogP contribution in [0.4, 0.5) is 0 Å². The topological polar surface area (TPSA) is 43.4 Å². The van der Waals surface area contributed by atoms with Crippen molar-refractivity contribution in [3.8, 4) is 5.75 Å². The maximum atomic E-state index is 11.1. The molecule has 1 rings (SSSR count). The molecule has 0 bridgehead atoms.